The highest BCUT2D eigenvalue weighted by molar-refractivity contribution is 5.73. The Morgan fingerprint density at radius 2 is 2.14 bits per heavy atom. The van der Waals surface area contributed by atoms with Crippen LogP contribution in [0.3, 0.4) is 0 Å². The number of carboxylic acids is 1. The van der Waals surface area contributed by atoms with Crippen molar-refractivity contribution >= 4 is 5.97 Å². The number of carbonyl (C=O) groups is 1. The fourth-order valence-electron chi connectivity index (χ4n) is 2.17. The van der Waals surface area contributed by atoms with Crippen LogP contribution in [0.5, 0.6) is 0 Å². The molecule has 1 unspecified atom stereocenters. The van der Waals surface area contributed by atoms with E-state index in [1.54, 1.807) is 0 Å². The Bertz CT molecular complexity index is 176. The van der Waals surface area contributed by atoms with Crippen LogP contribution >= 0.6 is 0 Å². The van der Waals surface area contributed by atoms with Crippen LogP contribution in [-0.2, 0) is 4.79 Å². The molecule has 1 aliphatic rings. The SMILES string of the molecule is CCC(NCCC1CCCC1)C(=O)O. The van der Waals surface area contributed by atoms with E-state index in [2.05, 4.69) is 5.32 Å². The van der Waals surface area contributed by atoms with Crippen LogP contribution in [0.1, 0.15) is 45.4 Å². The Hall–Kier alpha value is -0.570. The van der Waals surface area contributed by atoms with Gasteiger partial charge in [0, 0.05) is 0 Å². The van der Waals surface area contributed by atoms with Gasteiger partial charge in [-0.1, -0.05) is 32.6 Å². The number of carboxylic acid groups (broad SMARTS) is 1. The highest BCUT2D eigenvalue weighted by Gasteiger charge is 2.17. The maximum absolute atomic E-state index is 10.7. The summed E-state index contributed by atoms with van der Waals surface area (Å²) in [5.41, 5.74) is 0. The van der Waals surface area contributed by atoms with Gasteiger partial charge in [-0.25, -0.2) is 0 Å². The second-order valence-corrected chi connectivity index (χ2v) is 4.19. The average molecular weight is 199 g/mol. The lowest BCUT2D eigenvalue weighted by molar-refractivity contribution is -0.139. The fourth-order valence-corrected chi connectivity index (χ4v) is 2.17. The van der Waals surface area contributed by atoms with Crippen molar-refractivity contribution < 1.29 is 9.90 Å². The maximum Gasteiger partial charge on any atom is 0.320 e. The average Bonchev–Trinajstić information content (AvgIpc) is 2.64. The second-order valence-electron chi connectivity index (χ2n) is 4.19. The van der Waals surface area contributed by atoms with Gasteiger partial charge in [-0.15, -0.1) is 0 Å². The van der Waals surface area contributed by atoms with E-state index < -0.39 is 5.97 Å². The molecule has 1 fully saturated rings. The number of hydrogen-bond acceptors (Lipinski definition) is 2. The molecule has 3 nitrogen and oxygen atoms in total. The predicted molar refractivity (Wildman–Crippen MR) is 56.3 cm³/mol. The zero-order valence-corrected chi connectivity index (χ0v) is 8.96. The molecule has 0 aromatic rings. The van der Waals surface area contributed by atoms with Crippen LogP contribution in [0.15, 0.2) is 0 Å². The number of rotatable bonds is 6. The van der Waals surface area contributed by atoms with Crippen molar-refractivity contribution in [2.24, 2.45) is 5.92 Å². The lowest BCUT2D eigenvalue weighted by Crippen LogP contribution is -2.37. The van der Waals surface area contributed by atoms with E-state index in [1.807, 2.05) is 6.92 Å². The molecular formula is C11H21NO2. The number of aliphatic carboxylic acids is 1. The van der Waals surface area contributed by atoms with Gasteiger partial charge in [0.25, 0.3) is 0 Å². The third-order valence-electron chi connectivity index (χ3n) is 3.12. The molecule has 1 saturated carbocycles. The minimum atomic E-state index is -0.723. The van der Waals surface area contributed by atoms with E-state index in [1.165, 1.54) is 25.7 Å². The van der Waals surface area contributed by atoms with E-state index in [4.69, 9.17) is 5.11 Å². The minimum absolute atomic E-state index is 0.351. The molecule has 1 rings (SSSR count). The van der Waals surface area contributed by atoms with Gasteiger partial charge < -0.3 is 10.4 Å². The lowest BCUT2D eigenvalue weighted by atomic mass is 10.0. The van der Waals surface area contributed by atoms with Crippen molar-refractivity contribution in [3.8, 4) is 0 Å². The first-order chi connectivity index (χ1) is 6.74. The molecule has 0 spiro atoms. The van der Waals surface area contributed by atoms with E-state index in [0.29, 0.717) is 6.42 Å². The monoisotopic (exact) mass is 199 g/mol. The van der Waals surface area contributed by atoms with Crippen LogP contribution in [0.25, 0.3) is 0 Å². The Morgan fingerprint density at radius 3 is 2.64 bits per heavy atom. The molecule has 2 N–H and O–H groups in total. The molecule has 0 saturated heterocycles. The standard InChI is InChI=1S/C11H21NO2/c1-2-10(11(13)14)12-8-7-9-5-3-4-6-9/h9-10,12H,2-8H2,1H3,(H,13,14). The van der Waals surface area contributed by atoms with Crippen molar-refractivity contribution in [3.63, 3.8) is 0 Å². The first-order valence-corrected chi connectivity index (χ1v) is 5.70. The summed E-state index contributed by atoms with van der Waals surface area (Å²) in [6.45, 7) is 2.76. The predicted octanol–water partition coefficient (Wildman–Crippen LogP) is 2.02. The summed E-state index contributed by atoms with van der Waals surface area (Å²) in [5, 5.41) is 11.9. The zero-order valence-electron chi connectivity index (χ0n) is 8.96. The Morgan fingerprint density at radius 1 is 1.50 bits per heavy atom. The fraction of sp³-hybridized carbons (Fsp3) is 0.909. The summed E-state index contributed by atoms with van der Waals surface area (Å²) in [4.78, 5) is 10.7. The minimum Gasteiger partial charge on any atom is -0.480 e. The molecule has 0 amide bonds. The van der Waals surface area contributed by atoms with Crippen LogP contribution in [0.4, 0.5) is 0 Å². The molecule has 1 aliphatic carbocycles. The topological polar surface area (TPSA) is 49.3 Å². The first-order valence-electron chi connectivity index (χ1n) is 5.70. The van der Waals surface area contributed by atoms with Gasteiger partial charge in [0.1, 0.15) is 6.04 Å². The molecule has 0 heterocycles. The van der Waals surface area contributed by atoms with Crippen molar-refractivity contribution in [2.45, 2.75) is 51.5 Å². The van der Waals surface area contributed by atoms with Gasteiger partial charge in [0.15, 0.2) is 0 Å². The van der Waals surface area contributed by atoms with Crippen molar-refractivity contribution in [3.05, 3.63) is 0 Å². The number of hydrogen-bond donors (Lipinski definition) is 2. The summed E-state index contributed by atoms with van der Waals surface area (Å²) in [7, 11) is 0. The van der Waals surface area contributed by atoms with E-state index in [0.717, 1.165) is 18.9 Å². The molecule has 0 bridgehead atoms. The smallest absolute Gasteiger partial charge is 0.320 e. The van der Waals surface area contributed by atoms with Crippen molar-refractivity contribution in [1.82, 2.24) is 5.32 Å². The molecule has 0 aromatic carbocycles. The van der Waals surface area contributed by atoms with E-state index >= 15 is 0 Å². The third-order valence-corrected chi connectivity index (χ3v) is 3.12. The largest absolute Gasteiger partial charge is 0.480 e. The molecular weight excluding hydrogens is 178 g/mol. The molecule has 82 valence electrons. The Labute approximate surface area is 85.9 Å². The van der Waals surface area contributed by atoms with Gasteiger partial charge in [-0.3, -0.25) is 4.79 Å². The normalized spacial score (nSPS) is 19.8. The molecule has 1 atom stereocenters. The first kappa shape index (κ1) is 11.5. The summed E-state index contributed by atoms with van der Waals surface area (Å²) in [6, 6.07) is -0.351. The van der Waals surface area contributed by atoms with Gasteiger partial charge in [-0.2, -0.15) is 0 Å². The van der Waals surface area contributed by atoms with Crippen molar-refractivity contribution in [1.29, 1.82) is 0 Å². The maximum atomic E-state index is 10.7. The summed E-state index contributed by atoms with van der Waals surface area (Å²) >= 11 is 0. The zero-order chi connectivity index (χ0) is 10.4. The summed E-state index contributed by atoms with van der Waals surface area (Å²) in [5.74, 6) is 0.118. The van der Waals surface area contributed by atoms with Crippen LogP contribution < -0.4 is 5.32 Å². The van der Waals surface area contributed by atoms with E-state index in [9.17, 15) is 4.79 Å². The van der Waals surface area contributed by atoms with E-state index in [-0.39, 0.29) is 6.04 Å². The highest BCUT2D eigenvalue weighted by Crippen LogP contribution is 2.26. The Kier molecular flexibility index (Phi) is 4.94. The molecule has 0 aromatic heterocycles. The molecule has 3 heteroatoms. The van der Waals surface area contributed by atoms with Gasteiger partial charge in [0.2, 0.25) is 0 Å². The van der Waals surface area contributed by atoms with Crippen LogP contribution in [0, 0.1) is 5.92 Å². The highest BCUT2D eigenvalue weighted by atomic mass is 16.4. The van der Waals surface area contributed by atoms with Crippen LogP contribution in [0.2, 0.25) is 0 Å². The summed E-state index contributed by atoms with van der Waals surface area (Å²) < 4.78 is 0. The van der Waals surface area contributed by atoms with Crippen molar-refractivity contribution in [2.75, 3.05) is 6.54 Å². The lowest BCUT2D eigenvalue weighted by Gasteiger charge is -2.14. The summed E-state index contributed by atoms with van der Waals surface area (Å²) in [6.07, 6.45) is 7.21. The molecule has 0 radical (unpaired) electrons. The van der Waals surface area contributed by atoms with Crippen LogP contribution in [-0.4, -0.2) is 23.7 Å². The molecule has 14 heavy (non-hydrogen) atoms. The molecule has 0 aliphatic heterocycles. The third kappa shape index (κ3) is 3.66. The Balaban J connectivity index is 2.09. The van der Waals surface area contributed by atoms with Gasteiger partial charge in [-0.05, 0) is 25.3 Å². The quantitative estimate of drug-likeness (QED) is 0.688. The van der Waals surface area contributed by atoms with Gasteiger partial charge in [0.05, 0.1) is 0 Å². The number of nitrogens with one attached hydrogen (secondary N) is 1. The van der Waals surface area contributed by atoms with Gasteiger partial charge >= 0.3 is 5.97 Å². The second kappa shape index (κ2) is 6.02.